The van der Waals surface area contributed by atoms with Gasteiger partial charge < -0.3 is 0 Å². The van der Waals surface area contributed by atoms with Gasteiger partial charge in [0.05, 0.1) is 5.69 Å². The molecule has 126 valence electrons. The van der Waals surface area contributed by atoms with E-state index in [1.807, 2.05) is 6.92 Å². The van der Waals surface area contributed by atoms with E-state index in [1.165, 1.54) is 38.1 Å². The topological polar surface area (TPSA) is 73.0 Å². The van der Waals surface area contributed by atoms with Crippen LogP contribution in [0.3, 0.4) is 0 Å². The number of hydrogen-bond donors (Lipinski definition) is 0. The van der Waals surface area contributed by atoms with Crippen molar-refractivity contribution in [1.82, 2.24) is 24.6 Å². The molecule has 9 heteroatoms. The highest BCUT2D eigenvalue weighted by Crippen LogP contribution is 2.40. The smallest absolute Gasteiger partial charge is 0.267 e. The number of thioether (sulfide) groups is 1. The van der Waals surface area contributed by atoms with Crippen LogP contribution < -0.4 is 5.56 Å². The van der Waals surface area contributed by atoms with Crippen LogP contribution in [0.15, 0.2) is 22.2 Å². The van der Waals surface area contributed by atoms with Gasteiger partial charge in [-0.15, -0.1) is 11.3 Å². The molecule has 0 unspecified atom stereocenters. The fraction of sp³-hybridized carbons (Fsp3) is 0.312. The molecular formula is C16H13N5OS3. The van der Waals surface area contributed by atoms with Gasteiger partial charge in [-0.2, -0.15) is 9.61 Å². The lowest BCUT2D eigenvalue weighted by molar-refractivity contribution is 0.872. The van der Waals surface area contributed by atoms with Crippen LogP contribution in [0.2, 0.25) is 0 Å². The van der Waals surface area contributed by atoms with E-state index in [1.54, 1.807) is 35.5 Å². The Bertz CT molecular complexity index is 1180. The van der Waals surface area contributed by atoms with Crippen molar-refractivity contribution in [2.24, 2.45) is 0 Å². The lowest BCUT2D eigenvalue weighted by atomic mass is 10.2. The molecule has 4 aromatic heterocycles. The Morgan fingerprint density at radius 1 is 1.28 bits per heavy atom. The molecule has 0 fully saturated rings. The summed E-state index contributed by atoms with van der Waals surface area (Å²) in [5.74, 6) is 0.611. The maximum absolute atomic E-state index is 12.2. The second kappa shape index (κ2) is 5.86. The van der Waals surface area contributed by atoms with Crippen LogP contribution in [-0.2, 0) is 18.6 Å². The first-order valence-corrected chi connectivity index (χ1v) is 10.6. The van der Waals surface area contributed by atoms with Crippen molar-refractivity contribution in [3.63, 3.8) is 0 Å². The number of aryl methyl sites for hydroxylation is 3. The largest absolute Gasteiger partial charge is 0.275 e. The Labute approximate surface area is 155 Å². The summed E-state index contributed by atoms with van der Waals surface area (Å²) in [6.45, 7) is 1.88. The Balaban J connectivity index is 1.51. The van der Waals surface area contributed by atoms with Crippen molar-refractivity contribution in [3.05, 3.63) is 43.9 Å². The van der Waals surface area contributed by atoms with Gasteiger partial charge >= 0.3 is 0 Å². The zero-order chi connectivity index (χ0) is 17.0. The minimum atomic E-state index is -0.130. The summed E-state index contributed by atoms with van der Waals surface area (Å²) >= 11 is 4.85. The molecule has 0 saturated carbocycles. The van der Waals surface area contributed by atoms with E-state index >= 15 is 0 Å². The summed E-state index contributed by atoms with van der Waals surface area (Å²) in [7, 11) is 0. The molecule has 4 aromatic rings. The SMILES string of the molecule is Cc1nn2c(=O)cc(CSc3ncnc4sc5c(c34)CCC5)nc2s1. The number of aromatic nitrogens is 5. The summed E-state index contributed by atoms with van der Waals surface area (Å²) in [6, 6.07) is 1.57. The van der Waals surface area contributed by atoms with Crippen molar-refractivity contribution in [2.45, 2.75) is 37.0 Å². The summed E-state index contributed by atoms with van der Waals surface area (Å²) in [6.07, 6.45) is 5.12. The highest BCUT2D eigenvalue weighted by molar-refractivity contribution is 7.98. The molecule has 4 heterocycles. The molecular weight excluding hydrogens is 374 g/mol. The van der Waals surface area contributed by atoms with Crippen LogP contribution in [0.4, 0.5) is 0 Å². The zero-order valence-electron chi connectivity index (χ0n) is 13.4. The fourth-order valence-electron chi connectivity index (χ4n) is 3.18. The van der Waals surface area contributed by atoms with E-state index in [0.29, 0.717) is 10.7 Å². The first-order chi connectivity index (χ1) is 12.2. The average Bonchev–Trinajstić information content (AvgIpc) is 3.26. The second-order valence-corrected chi connectivity index (χ2v) is 9.11. The van der Waals surface area contributed by atoms with Crippen LogP contribution in [0, 0.1) is 6.92 Å². The molecule has 0 radical (unpaired) electrons. The third-order valence-electron chi connectivity index (χ3n) is 4.22. The molecule has 0 atom stereocenters. The van der Waals surface area contributed by atoms with Crippen molar-refractivity contribution in [2.75, 3.05) is 0 Å². The minimum Gasteiger partial charge on any atom is -0.267 e. The number of rotatable bonds is 3. The van der Waals surface area contributed by atoms with Gasteiger partial charge in [-0.3, -0.25) is 4.79 Å². The van der Waals surface area contributed by atoms with E-state index in [2.05, 4.69) is 20.1 Å². The number of thiophene rings is 1. The van der Waals surface area contributed by atoms with Crippen molar-refractivity contribution in [3.8, 4) is 0 Å². The summed E-state index contributed by atoms with van der Waals surface area (Å²) in [5, 5.41) is 7.21. The number of fused-ring (bicyclic) bond motifs is 4. The molecule has 1 aliphatic rings. The molecule has 5 rings (SSSR count). The quantitative estimate of drug-likeness (QED) is 0.397. The van der Waals surface area contributed by atoms with Crippen LogP contribution in [0.1, 0.15) is 27.6 Å². The van der Waals surface area contributed by atoms with E-state index in [-0.39, 0.29) is 5.56 Å². The molecule has 0 bridgehead atoms. The fourth-order valence-corrected chi connectivity index (χ4v) is 6.16. The van der Waals surface area contributed by atoms with E-state index in [0.717, 1.165) is 33.4 Å². The molecule has 0 spiro atoms. The summed E-state index contributed by atoms with van der Waals surface area (Å²) in [5.41, 5.74) is 2.05. The minimum absolute atomic E-state index is 0.130. The van der Waals surface area contributed by atoms with Crippen LogP contribution in [0.5, 0.6) is 0 Å². The maximum atomic E-state index is 12.2. The van der Waals surface area contributed by atoms with Crippen LogP contribution >= 0.6 is 34.4 Å². The van der Waals surface area contributed by atoms with E-state index in [4.69, 9.17) is 0 Å². The Kier molecular flexibility index (Phi) is 3.61. The van der Waals surface area contributed by atoms with Crippen molar-refractivity contribution in [1.29, 1.82) is 0 Å². The molecule has 0 aromatic carbocycles. The van der Waals surface area contributed by atoms with E-state index < -0.39 is 0 Å². The Morgan fingerprint density at radius 3 is 3.12 bits per heavy atom. The zero-order valence-corrected chi connectivity index (χ0v) is 15.8. The van der Waals surface area contributed by atoms with Gasteiger partial charge in [0, 0.05) is 22.1 Å². The van der Waals surface area contributed by atoms with Gasteiger partial charge in [-0.1, -0.05) is 23.1 Å². The molecule has 25 heavy (non-hydrogen) atoms. The highest BCUT2D eigenvalue weighted by atomic mass is 32.2. The predicted molar refractivity (Wildman–Crippen MR) is 101 cm³/mol. The molecule has 0 N–H and O–H groups in total. The van der Waals surface area contributed by atoms with Gasteiger partial charge in [0.1, 0.15) is 21.2 Å². The van der Waals surface area contributed by atoms with Crippen molar-refractivity contribution >= 4 is 49.6 Å². The first kappa shape index (κ1) is 15.4. The van der Waals surface area contributed by atoms with Crippen LogP contribution in [-0.4, -0.2) is 24.6 Å². The normalized spacial score (nSPS) is 13.8. The summed E-state index contributed by atoms with van der Waals surface area (Å²) < 4.78 is 1.36. The second-order valence-electron chi connectivity index (χ2n) is 5.91. The predicted octanol–water partition coefficient (Wildman–Crippen LogP) is 3.25. The molecule has 0 saturated heterocycles. The lowest BCUT2D eigenvalue weighted by Gasteiger charge is -2.03. The van der Waals surface area contributed by atoms with Gasteiger partial charge in [-0.25, -0.2) is 15.0 Å². The molecule has 6 nitrogen and oxygen atoms in total. The summed E-state index contributed by atoms with van der Waals surface area (Å²) in [4.78, 5) is 28.9. The number of hydrogen-bond acceptors (Lipinski definition) is 8. The van der Waals surface area contributed by atoms with E-state index in [9.17, 15) is 4.79 Å². The third kappa shape index (κ3) is 2.57. The standard InChI is InChI=1S/C16H13N5OS3/c1-8-20-21-12(22)5-9(19-16(21)24-8)6-23-14-13-10-3-2-4-11(10)25-15(13)18-7-17-14/h5,7H,2-4,6H2,1H3. The Hall–Kier alpha value is -1.84. The third-order valence-corrected chi connectivity index (χ3v) is 7.27. The van der Waals surface area contributed by atoms with Gasteiger partial charge in [0.25, 0.3) is 5.56 Å². The molecule has 0 amide bonds. The van der Waals surface area contributed by atoms with Gasteiger partial charge in [0.2, 0.25) is 4.96 Å². The van der Waals surface area contributed by atoms with Gasteiger partial charge in [0.15, 0.2) is 0 Å². The molecule has 1 aliphatic carbocycles. The maximum Gasteiger partial charge on any atom is 0.275 e. The number of nitrogens with zero attached hydrogens (tertiary/aromatic N) is 5. The monoisotopic (exact) mass is 387 g/mol. The average molecular weight is 388 g/mol. The first-order valence-electron chi connectivity index (χ1n) is 7.93. The van der Waals surface area contributed by atoms with Crippen LogP contribution in [0.25, 0.3) is 15.2 Å². The van der Waals surface area contributed by atoms with Gasteiger partial charge in [-0.05, 0) is 31.7 Å². The lowest BCUT2D eigenvalue weighted by Crippen LogP contribution is -2.15. The molecule has 0 aliphatic heterocycles. The highest BCUT2D eigenvalue weighted by Gasteiger charge is 2.21. The Morgan fingerprint density at radius 2 is 2.20 bits per heavy atom. The van der Waals surface area contributed by atoms with Crippen molar-refractivity contribution < 1.29 is 0 Å².